The Kier molecular flexibility index (Phi) is 7.62. The topological polar surface area (TPSA) is 66.5 Å². The molecule has 0 bridgehead atoms. The fraction of sp³-hybridized carbons (Fsp3) is 0.192. The molecule has 5 nitrogen and oxygen atoms in total. The van der Waals surface area contributed by atoms with Crippen molar-refractivity contribution in [3.05, 3.63) is 108 Å². The lowest BCUT2D eigenvalue weighted by molar-refractivity contribution is 0.102. The van der Waals surface area contributed by atoms with E-state index >= 15 is 0 Å². The molecule has 32 heavy (non-hydrogen) atoms. The van der Waals surface area contributed by atoms with Gasteiger partial charge < -0.3 is 5.32 Å². The molecule has 0 aromatic heterocycles. The minimum atomic E-state index is -3.67. The van der Waals surface area contributed by atoms with Crippen LogP contribution < -0.4 is 5.32 Å². The van der Waals surface area contributed by atoms with Gasteiger partial charge in [0.1, 0.15) is 0 Å². The number of rotatable bonds is 9. The van der Waals surface area contributed by atoms with Gasteiger partial charge in [-0.3, -0.25) is 4.79 Å². The number of anilines is 1. The van der Waals surface area contributed by atoms with Crippen LogP contribution in [0, 0.1) is 6.92 Å². The third kappa shape index (κ3) is 5.52. The summed E-state index contributed by atoms with van der Waals surface area (Å²) in [5.41, 5.74) is 4.16. The highest BCUT2D eigenvalue weighted by atomic mass is 32.2. The van der Waals surface area contributed by atoms with E-state index in [-0.39, 0.29) is 23.9 Å². The number of carbonyl (C=O) groups excluding carboxylic acids is 1. The average molecular weight is 449 g/mol. The fourth-order valence-corrected chi connectivity index (χ4v) is 4.76. The van der Waals surface area contributed by atoms with Crippen molar-refractivity contribution in [2.45, 2.75) is 31.7 Å². The molecule has 6 heteroatoms. The molecule has 3 aromatic carbocycles. The fourth-order valence-electron chi connectivity index (χ4n) is 3.36. The normalized spacial score (nSPS) is 11.3. The second-order valence-electron chi connectivity index (χ2n) is 7.56. The van der Waals surface area contributed by atoms with Gasteiger partial charge in [0.25, 0.3) is 5.91 Å². The molecule has 0 fully saturated rings. The monoisotopic (exact) mass is 448 g/mol. The zero-order valence-electron chi connectivity index (χ0n) is 18.4. The minimum absolute atomic E-state index is 0.183. The predicted octanol–water partition coefficient (Wildman–Crippen LogP) is 5.19. The predicted molar refractivity (Wildman–Crippen MR) is 129 cm³/mol. The van der Waals surface area contributed by atoms with Crippen LogP contribution >= 0.6 is 0 Å². The van der Waals surface area contributed by atoms with Gasteiger partial charge in [-0.15, -0.1) is 6.58 Å². The highest BCUT2D eigenvalue weighted by Gasteiger charge is 2.23. The number of nitrogens with one attached hydrogen (secondary N) is 1. The van der Waals surface area contributed by atoms with E-state index in [4.69, 9.17) is 0 Å². The Morgan fingerprint density at radius 3 is 2.28 bits per heavy atom. The van der Waals surface area contributed by atoms with Crippen molar-refractivity contribution in [3.63, 3.8) is 0 Å². The summed E-state index contributed by atoms with van der Waals surface area (Å²) in [6, 6.07) is 21.5. The molecule has 1 N–H and O–H groups in total. The van der Waals surface area contributed by atoms with Crippen molar-refractivity contribution in [2.24, 2.45) is 0 Å². The van der Waals surface area contributed by atoms with E-state index in [1.165, 1.54) is 4.31 Å². The first-order chi connectivity index (χ1) is 15.3. The Bertz CT molecular complexity index is 1180. The molecule has 166 valence electrons. The molecule has 0 radical (unpaired) electrons. The molecule has 0 atom stereocenters. The van der Waals surface area contributed by atoms with Gasteiger partial charge in [0.05, 0.1) is 4.90 Å². The molecule has 0 spiro atoms. The summed E-state index contributed by atoms with van der Waals surface area (Å²) in [5.74, 6) is -0.201. The van der Waals surface area contributed by atoms with E-state index in [9.17, 15) is 13.2 Å². The van der Waals surface area contributed by atoms with Gasteiger partial charge in [-0.2, -0.15) is 4.31 Å². The number of sulfonamides is 1. The third-order valence-corrected chi connectivity index (χ3v) is 7.04. The average Bonchev–Trinajstić information content (AvgIpc) is 2.80. The summed E-state index contributed by atoms with van der Waals surface area (Å²) in [4.78, 5) is 12.9. The summed E-state index contributed by atoms with van der Waals surface area (Å²) in [6.07, 6.45) is 2.39. The van der Waals surface area contributed by atoms with Crippen LogP contribution in [0.15, 0.2) is 90.3 Å². The van der Waals surface area contributed by atoms with Crippen molar-refractivity contribution in [2.75, 3.05) is 11.9 Å². The number of benzene rings is 3. The summed E-state index contributed by atoms with van der Waals surface area (Å²) in [7, 11) is -3.67. The summed E-state index contributed by atoms with van der Waals surface area (Å²) in [6.45, 7) is 8.02. The molecule has 0 heterocycles. The molecule has 0 aliphatic carbocycles. The SMILES string of the molecule is C=CCN(Cc1ccc(C(=O)Nc2ccccc2CC)cc1)S(=O)(=O)c1ccc(C)cc1. The van der Waals surface area contributed by atoms with Crippen LogP contribution in [0.2, 0.25) is 0 Å². The molecule has 0 aliphatic rings. The Labute approximate surface area is 190 Å². The molecule has 0 unspecified atom stereocenters. The van der Waals surface area contributed by atoms with Gasteiger partial charge in [0.2, 0.25) is 10.0 Å². The molecule has 3 rings (SSSR count). The molecular formula is C26H28N2O3S. The van der Waals surface area contributed by atoms with E-state index in [1.54, 1.807) is 54.6 Å². The quantitative estimate of drug-likeness (QED) is 0.458. The third-order valence-electron chi connectivity index (χ3n) is 5.21. The van der Waals surface area contributed by atoms with Crippen molar-refractivity contribution in [1.82, 2.24) is 4.31 Å². The molecule has 1 amide bonds. The number of hydrogen-bond acceptors (Lipinski definition) is 3. The van der Waals surface area contributed by atoms with Crippen LogP contribution in [0.4, 0.5) is 5.69 Å². The second kappa shape index (κ2) is 10.4. The summed E-state index contributed by atoms with van der Waals surface area (Å²) < 4.78 is 27.6. The molecule has 0 saturated carbocycles. The largest absolute Gasteiger partial charge is 0.322 e. The first kappa shape index (κ1) is 23.4. The first-order valence-corrected chi connectivity index (χ1v) is 11.9. The summed E-state index contributed by atoms with van der Waals surface area (Å²) in [5, 5.41) is 2.95. The van der Waals surface area contributed by atoms with Gasteiger partial charge in [0, 0.05) is 24.3 Å². The van der Waals surface area contributed by atoms with Crippen molar-refractivity contribution in [1.29, 1.82) is 0 Å². The van der Waals surface area contributed by atoms with E-state index < -0.39 is 10.0 Å². The van der Waals surface area contributed by atoms with Crippen LogP contribution in [0.5, 0.6) is 0 Å². The molecule has 0 saturated heterocycles. The maximum Gasteiger partial charge on any atom is 0.255 e. The smallest absolute Gasteiger partial charge is 0.255 e. The number of aryl methyl sites for hydroxylation is 2. The van der Waals surface area contributed by atoms with Crippen LogP contribution in [-0.2, 0) is 23.0 Å². The zero-order valence-corrected chi connectivity index (χ0v) is 19.2. The first-order valence-electron chi connectivity index (χ1n) is 10.5. The number of para-hydroxylation sites is 1. The minimum Gasteiger partial charge on any atom is -0.322 e. The van der Waals surface area contributed by atoms with E-state index in [1.807, 2.05) is 38.1 Å². The van der Waals surface area contributed by atoms with Crippen LogP contribution in [-0.4, -0.2) is 25.2 Å². The lowest BCUT2D eigenvalue weighted by Crippen LogP contribution is -2.30. The maximum atomic E-state index is 13.1. The van der Waals surface area contributed by atoms with Gasteiger partial charge in [-0.25, -0.2) is 8.42 Å². The second-order valence-corrected chi connectivity index (χ2v) is 9.50. The van der Waals surface area contributed by atoms with Crippen LogP contribution in [0.25, 0.3) is 0 Å². The maximum absolute atomic E-state index is 13.1. The highest BCUT2D eigenvalue weighted by molar-refractivity contribution is 7.89. The number of amides is 1. The molecule has 3 aromatic rings. The van der Waals surface area contributed by atoms with Gasteiger partial charge >= 0.3 is 0 Å². The van der Waals surface area contributed by atoms with Gasteiger partial charge in [0.15, 0.2) is 0 Å². The number of carbonyl (C=O) groups is 1. The Morgan fingerprint density at radius 2 is 1.66 bits per heavy atom. The standard InChI is InChI=1S/C26H28N2O3S/c1-4-18-28(32(30,31)24-16-10-20(3)11-17-24)19-21-12-14-23(15-13-21)26(29)27-25-9-7-6-8-22(25)5-2/h4,6-17H,1,5,18-19H2,2-3H3,(H,27,29). The highest BCUT2D eigenvalue weighted by Crippen LogP contribution is 2.20. The lowest BCUT2D eigenvalue weighted by Gasteiger charge is -2.21. The Balaban J connectivity index is 1.76. The number of hydrogen-bond donors (Lipinski definition) is 1. The van der Waals surface area contributed by atoms with E-state index in [2.05, 4.69) is 11.9 Å². The number of nitrogens with zero attached hydrogens (tertiary/aromatic N) is 1. The van der Waals surface area contributed by atoms with Crippen LogP contribution in [0.1, 0.15) is 34.0 Å². The van der Waals surface area contributed by atoms with Gasteiger partial charge in [-0.05, 0) is 54.8 Å². The van der Waals surface area contributed by atoms with E-state index in [0.29, 0.717) is 5.56 Å². The van der Waals surface area contributed by atoms with Crippen molar-refractivity contribution >= 4 is 21.6 Å². The Hall–Kier alpha value is -3.22. The lowest BCUT2D eigenvalue weighted by atomic mass is 10.1. The van der Waals surface area contributed by atoms with Crippen molar-refractivity contribution < 1.29 is 13.2 Å². The summed E-state index contributed by atoms with van der Waals surface area (Å²) >= 11 is 0. The Morgan fingerprint density at radius 1 is 1.00 bits per heavy atom. The molecular weight excluding hydrogens is 420 g/mol. The van der Waals surface area contributed by atoms with Crippen molar-refractivity contribution in [3.8, 4) is 0 Å². The van der Waals surface area contributed by atoms with Gasteiger partial charge in [-0.1, -0.05) is 61.0 Å². The van der Waals surface area contributed by atoms with Crippen LogP contribution in [0.3, 0.4) is 0 Å². The zero-order chi connectivity index (χ0) is 23.1. The van der Waals surface area contributed by atoms with E-state index in [0.717, 1.165) is 28.8 Å². The molecule has 0 aliphatic heterocycles.